The van der Waals surface area contributed by atoms with E-state index >= 15 is 0 Å². The lowest BCUT2D eigenvalue weighted by molar-refractivity contribution is 0.122. The van der Waals surface area contributed by atoms with Crippen molar-refractivity contribution in [2.24, 2.45) is 0 Å². The Balaban J connectivity index is 1.69. The van der Waals surface area contributed by atoms with Crippen LogP contribution in [0.3, 0.4) is 0 Å². The van der Waals surface area contributed by atoms with Crippen LogP contribution in [-0.2, 0) is 4.74 Å². The number of halogens is 1. The fraction of sp³-hybridized carbons (Fsp3) is 0.684. The molecule has 0 aromatic carbocycles. The van der Waals surface area contributed by atoms with Gasteiger partial charge in [0.2, 0.25) is 5.28 Å². The predicted octanol–water partition coefficient (Wildman–Crippen LogP) is 2.63. The molecule has 2 aromatic heterocycles. The molecule has 0 atom stereocenters. The second kappa shape index (κ2) is 7.24. The quantitative estimate of drug-likeness (QED) is 0.753. The van der Waals surface area contributed by atoms with Crippen LogP contribution in [0.25, 0.3) is 11.0 Å². The van der Waals surface area contributed by atoms with Crippen LogP contribution in [0.2, 0.25) is 5.28 Å². The van der Waals surface area contributed by atoms with Gasteiger partial charge in [-0.3, -0.25) is 0 Å². The molecule has 0 amide bonds. The number of rotatable bonds is 3. The van der Waals surface area contributed by atoms with Crippen LogP contribution in [0, 0.1) is 0 Å². The molecule has 2 aliphatic heterocycles. The summed E-state index contributed by atoms with van der Waals surface area (Å²) in [4.78, 5) is 20.0. The number of anilines is 2. The fourth-order valence-electron chi connectivity index (χ4n) is 4.62. The second-order valence-electron chi connectivity index (χ2n) is 8.98. The summed E-state index contributed by atoms with van der Waals surface area (Å²) in [6, 6.07) is 0.268. The number of fused-ring (bicyclic) bond motifs is 1. The molecule has 2 aromatic rings. The third-order valence-electron chi connectivity index (χ3n) is 5.28. The van der Waals surface area contributed by atoms with E-state index in [1.807, 2.05) is 0 Å². The van der Waals surface area contributed by atoms with E-state index in [4.69, 9.17) is 16.3 Å². The number of ether oxygens (including phenoxy) is 1. The van der Waals surface area contributed by atoms with Gasteiger partial charge in [0.25, 0.3) is 0 Å². The normalized spacial score (nSPS) is 22.4. The number of hydrogen-bond donors (Lipinski definition) is 2. The first-order chi connectivity index (χ1) is 13.2. The van der Waals surface area contributed by atoms with Gasteiger partial charge < -0.3 is 20.3 Å². The van der Waals surface area contributed by atoms with Crippen LogP contribution in [0.15, 0.2) is 6.33 Å². The minimum absolute atomic E-state index is 0.0356. The highest BCUT2D eigenvalue weighted by Gasteiger charge is 2.38. The van der Waals surface area contributed by atoms with Crippen molar-refractivity contribution >= 4 is 34.3 Å². The van der Waals surface area contributed by atoms with Crippen molar-refractivity contribution in [3.63, 3.8) is 0 Å². The maximum atomic E-state index is 6.27. The largest absolute Gasteiger partial charge is 0.378 e. The Morgan fingerprint density at radius 2 is 1.75 bits per heavy atom. The first-order valence-electron chi connectivity index (χ1n) is 9.79. The van der Waals surface area contributed by atoms with E-state index in [9.17, 15) is 0 Å². The predicted molar refractivity (Wildman–Crippen MR) is 111 cm³/mol. The summed E-state index contributed by atoms with van der Waals surface area (Å²) in [7, 11) is 0. The molecule has 152 valence electrons. The average molecular weight is 406 g/mol. The van der Waals surface area contributed by atoms with Crippen molar-refractivity contribution in [3.8, 4) is 0 Å². The number of piperidine rings is 1. The molecule has 2 fully saturated rings. The lowest BCUT2D eigenvalue weighted by Crippen LogP contribution is -2.60. The van der Waals surface area contributed by atoms with E-state index in [1.54, 1.807) is 6.33 Å². The lowest BCUT2D eigenvalue weighted by atomic mass is 9.79. The van der Waals surface area contributed by atoms with Crippen LogP contribution in [0.1, 0.15) is 40.5 Å². The monoisotopic (exact) mass is 405 g/mol. The summed E-state index contributed by atoms with van der Waals surface area (Å²) in [6.45, 7) is 11.8. The highest BCUT2D eigenvalue weighted by Crippen LogP contribution is 2.32. The Morgan fingerprint density at radius 1 is 1.07 bits per heavy atom. The Bertz CT molecular complexity index is 851. The molecule has 0 radical (unpaired) electrons. The molecule has 8 nitrogen and oxygen atoms in total. The van der Waals surface area contributed by atoms with Gasteiger partial charge in [-0.05, 0) is 52.1 Å². The Kier molecular flexibility index (Phi) is 5.05. The second-order valence-corrected chi connectivity index (χ2v) is 9.32. The summed E-state index contributed by atoms with van der Waals surface area (Å²) in [5.41, 5.74) is 1.45. The van der Waals surface area contributed by atoms with E-state index in [0.717, 1.165) is 37.3 Å². The molecule has 0 aliphatic carbocycles. The molecule has 2 N–H and O–H groups in total. The summed E-state index contributed by atoms with van der Waals surface area (Å²) < 4.78 is 5.46. The van der Waals surface area contributed by atoms with Gasteiger partial charge in [0.05, 0.1) is 13.2 Å². The fourth-order valence-corrected chi connectivity index (χ4v) is 4.79. The molecule has 0 unspecified atom stereocenters. The molecule has 4 heterocycles. The number of nitrogens with one attached hydrogen (secondary N) is 2. The number of hydrogen-bond acceptors (Lipinski definition) is 8. The molecular weight excluding hydrogens is 378 g/mol. The summed E-state index contributed by atoms with van der Waals surface area (Å²) >= 11 is 6.27. The van der Waals surface area contributed by atoms with Gasteiger partial charge in [-0.1, -0.05) is 0 Å². The summed E-state index contributed by atoms with van der Waals surface area (Å²) in [5.74, 6) is 1.46. The van der Waals surface area contributed by atoms with Gasteiger partial charge in [0.1, 0.15) is 17.4 Å². The first-order valence-corrected chi connectivity index (χ1v) is 10.2. The Morgan fingerprint density at radius 3 is 2.43 bits per heavy atom. The van der Waals surface area contributed by atoms with Gasteiger partial charge in [-0.15, -0.1) is 0 Å². The zero-order valence-electron chi connectivity index (χ0n) is 16.9. The highest BCUT2D eigenvalue weighted by molar-refractivity contribution is 6.29. The van der Waals surface area contributed by atoms with Gasteiger partial charge in [0.15, 0.2) is 11.6 Å². The lowest BCUT2D eigenvalue weighted by Gasteiger charge is -2.46. The maximum Gasteiger partial charge on any atom is 0.225 e. The highest BCUT2D eigenvalue weighted by atomic mass is 35.5. The van der Waals surface area contributed by atoms with Crippen molar-refractivity contribution < 1.29 is 4.74 Å². The van der Waals surface area contributed by atoms with Crippen molar-refractivity contribution in [2.75, 3.05) is 36.5 Å². The molecule has 9 heteroatoms. The molecule has 2 saturated heterocycles. The molecule has 0 spiro atoms. The topological polar surface area (TPSA) is 88.1 Å². The number of aromatic nitrogens is 4. The van der Waals surface area contributed by atoms with Crippen molar-refractivity contribution in [1.29, 1.82) is 0 Å². The smallest absolute Gasteiger partial charge is 0.225 e. The summed E-state index contributed by atoms with van der Waals surface area (Å²) in [6.07, 6.45) is 3.54. The van der Waals surface area contributed by atoms with Crippen molar-refractivity contribution in [2.45, 2.75) is 57.7 Å². The third-order valence-corrected chi connectivity index (χ3v) is 5.45. The van der Waals surface area contributed by atoms with Gasteiger partial charge in [-0.25, -0.2) is 15.0 Å². The van der Waals surface area contributed by atoms with Gasteiger partial charge >= 0.3 is 0 Å². The molecule has 0 saturated carbocycles. The van der Waals surface area contributed by atoms with Crippen LogP contribution in [-0.4, -0.2) is 63.4 Å². The van der Waals surface area contributed by atoms with Crippen molar-refractivity contribution in [3.05, 3.63) is 11.6 Å². The zero-order valence-corrected chi connectivity index (χ0v) is 17.7. The standard InChI is InChI=1S/C19H28ClN7O/c1-18(2)9-12(10-19(3,4)26-18)23-15-13-14(21-11-22-15)16(25-17(20)24-13)27-5-7-28-8-6-27/h11-12,26H,5-10H2,1-4H3,(H,21,22,23). The van der Waals surface area contributed by atoms with Gasteiger partial charge in [-0.2, -0.15) is 4.98 Å². The minimum atomic E-state index is 0.0356. The first kappa shape index (κ1) is 19.5. The van der Waals surface area contributed by atoms with E-state index in [-0.39, 0.29) is 22.4 Å². The van der Waals surface area contributed by atoms with Gasteiger partial charge in [0, 0.05) is 30.2 Å². The van der Waals surface area contributed by atoms with E-state index < -0.39 is 0 Å². The maximum absolute atomic E-state index is 6.27. The van der Waals surface area contributed by atoms with Crippen LogP contribution < -0.4 is 15.5 Å². The van der Waals surface area contributed by atoms with E-state index in [0.29, 0.717) is 24.5 Å². The van der Waals surface area contributed by atoms with Crippen LogP contribution >= 0.6 is 11.6 Å². The third kappa shape index (κ3) is 4.14. The Labute approximate surface area is 170 Å². The zero-order chi connectivity index (χ0) is 19.9. The SMILES string of the molecule is CC1(C)CC(Nc2ncnc3c(N4CCOCC4)nc(Cl)nc23)CC(C)(C)N1. The van der Waals surface area contributed by atoms with E-state index in [2.05, 4.69) is 63.2 Å². The summed E-state index contributed by atoms with van der Waals surface area (Å²) in [5, 5.41) is 7.52. The molecule has 4 rings (SSSR count). The molecule has 0 bridgehead atoms. The van der Waals surface area contributed by atoms with Crippen LogP contribution in [0.4, 0.5) is 11.6 Å². The molecular formula is C19H28ClN7O. The van der Waals surface area contributed by atoms with E-state index in [1.165, 1.54) is 0 Å². The number of morpholine rings is 1. The Hall–Kier alpha value is -1.77. The molecule has 28 heavy (non-hydrogen) atoms. The van der Waals surface area contributed by atoms with Crippen molar-refractivity contribution in [1.82, 2.24) is 25.3 Å². The van der Waals surface area contributed by atoms with Crippen LogP contribution in [0.5, 0.6) is 0 Å². The average Bonchev–Trinajstić information content (AvgIpc) is 2.60. The number of nitrogens with zero attached hydrogens (tertiary/aromatic N) is 5. The minimum Gasteiger partial charge on any atom is -0.378 e. The molecule has 2 aliphatic rings.